The first-order chi connectivity index (χ1) is 24.4. The standard InChI is InChI=1S/C38H34F3N3O6S/c1-5-49-33(45)20-43-22(3)35(29-18-25(40)11-15-31(29)43)37(28-8-7-17-42-38(28)51(47,48)27-13-9-24(39)10-14-27)36-23(4)44(21-34(46)50-6-2)32-16-12-26(41)19-30(32)36/h7-19,37H,5-6,20-21H2,1-4H3. The Kier molecular flexibility index (Phi) is 9.76. The Balaban J connectivity index is 1.75. The first-order valence-corrected chi connectivity index (χ1v) is 17.7. The van der Waals surface area contributed by atoms with E-state index in [9.17, 15) is 22.4 Å². The van der Waals surface area contributed by atoms with E-state index in [-0.39, 0.29) is 41.8 Å². The van der Waals surface area contributed by atoms with E-state index in [1.165, 1.54) is 42.6 Å². The maximum atomic E-state index is 15.2. The fourth-order valence-electron chi connectivity index (χ4n) is 6.80. The molecule has 0 spiro atoms. The summed E-state index contributed by atoms with van der Waals surface area (Å²) in [4.78, 5) is 29.9. The van der Waals surface area contributed by atoms with Crippen molar-refractivity contribution in [2.24, 2.45) is 0 Å². The summed E-state index contributed by atoms with van der Waals surface area (Å²) in [6, 6.07) is 15.6. The molecule has 0 aliphatic rings. The molecule has 0 aliphatic heterocycles. The molecule has 0 atom stereocenters. The molecule has 0 saturated carbocycles. The van der Waals surface area contributed by atoms with Gasteiger partial charge >= 0.3 is 11.9 Å². The molecule has 0 N–H and O–H groups in total. The minimum Gasteiger partial charge on any atom is -0.465 e. The average molecular weight is 718 g/mol. The number of hydrogen-bond acceptors (Lipinski definition) is 7. The third kappa shape index (κ3) is 6.49. The molecule has 3 aromatic carbocycles. The summed E-state index contributed by atoms with van der Waals surface area (Å²) in [5.41, 5.74) is 2.86. The van der Waals surface area contributed by atoms with Crippen molar-refractivity contribution in [3.8, 4) is 0 Å². The number of hydrogen-bond donors (Lipinski definition) is 0. The first kappa shape index (κ1) is 35.4. The van der Waals surface area contributed by atoms with Gasteiger partial charge in [-0.05, 0) is 106 Å². The van der Waals surface area contributed by atoms with Crippen molar-refractivity contribution in [2.75, 3.05) is 13.2 Å². The van der Waals surface area contributed by atoms with Crippen LogP contribution in [-0.4, -0.2) is 47.7 Å². The van der Waals surface area contributed by atoms with Gasteiger partial charge in [0.05, 0.1) is 18.1 Å². The number of rotatable bonds is 11. The Labute approximate surface area is 292 Å². The highest BCUT2D eigenvalue weighted by Gasteiger charge is 2.36. The average Bonchev–Trinajstić information content (AvgIpc) is 3.50. The van der Waals surface area contributed by atoms with Crippen molar-refractivity contribution >= 4 is 43.6 Å². The van der Waals surface area contributed by atoms with E-state index < -0.39 is 45.1 Å². The smallest absolute Gasteiger partial charge is 0.325 e. The van der Waals surface area contributed by atoms with Gasteiger partial charge in [-0.1, -0.05) is 6.07 Å². The number of carbonyl (C=O) groups excluding carboxylic acids is 2. The molecular weight excluding hydrogens is 683 g/mol. The van der Waals surface area contributed by atoms with Crippen LogP contribution in [-0.2, 0) is 42.0 Å². The Bertz CT molecular complexity index is 2310. The molecule has 264 valence electrons. The molecule has 0 amide bonds. The Morgan fingerprint density at radius 3 is 1.67 bits per heavy atom. The third-order valence-corrected chi connectivity index (χ3v) is 10.7. The Morgan fingerprint density at radius 1 is 0.725 bits per heavy atom. The number of aromatic nitrogens is 3. The van der Waals surface area contributed by atoms with E-state index >= 15 is 8.78 Å². The number of benzene rings is 3. The Hall–Kier alpha value is -5.43. The SMILES string of the molecule is CCOC(=O)Cn1c(C)c(C(c2cccnc2S(=O)(=O)c2ccc(F)cc2)c2c(C)n(CC(=O)OCC)c3ccc(F)cc23)c2cc(F)ccc21. The van der Waals surface area contributed by atoms with Crippen molar-refractivity contribution in [2.45, 2.75) is 56.6 Å². The van der Waals surface area contributed by atoms with Gasteiger partial charge in [0.25, 0.3) is 0 Å². The molecule has 3 aromatic heterocycles. The van der Waals surface area contributed by atoms with Gasteiger partial charge in [0.1, 0.15) is 30.5 Å². The molecule has 6 aromatic rings. The lowest BCUT2D eigenvalue weighted by Gasteiger charge is -2.23. The van der Waals surface area contributed by atoms with Crippen molar-refractivity contribution < 1.29 is 40.7 Å². The molecule has 9 nitrogen and oxygen atoms in total. The van der Waals surface area contributed by atoms with Gasteiger partial charge in [0, 0.05) is 50.9 Å². The third-order valence-electron chi connectivity index (χ3n) is 8.92. The van der Waals surface area contributed by atoms with Crippen LogP contribution in [0.5, 0.6) is 0 Å². The van der Waals surface area contributed by atoms with Crippen LogP contribution < -0.4 is 0 Å². The zero-order chi connectivity index (χ0) is 36.6. The van der Waals surface area contributed by atoms with Crippen LogP contribution in [0.3, 0.4) is 0 Å². The van der Waals surface area contributed by atoms with Crippen LogP contribution in [0.1, 0.15) is 47.8 Å². The maximum Gasteiger partial charge on any atom is 0.325 e. The molecule has 0 radical (unpaired) electrons. The first-order valence-electron chi connectivity index (χ1n) is 16.2. The number of fused-ring (bicyclic) bond motifs is 2. The Morgan fingerprint density at radius 2 is 1.20 bits per heavy atom. The summed E-state index contributed by atoms with van der Waals surface area (Å²) >= 11 is 0. The van der Waals surface area contributed by atoms with Gasteiger partial charge in [0.2, 0.25) is 9.84 Å². The van der Waals surface area contributed by atoms with E-state index in [0.29, 0.717) is 44.3 Å². The zero-order valence-electron chi connectivity index (χ0n) is 28.2. The highest BCUT2D eigenvalue weighted by Crippen LogP contribution is 2.46. The number of halogens is 3. The summed E-state index contributed by atoms with van der Waals surface area (Å²) in [5.74, 6) is -4.00. The second-order valence-electron chi connectivity index (χ2n) is 11.9. The van der Waals surface area contributed by atoms with E-state index in [2.05, 4.69) is 4.98 Å². The summed E-state index contributed by atoms with van der Waals surface area (Å²) in [5, 5.41) is 0.349. The van der Waals surface area contributed by atoms with Crippen molar-refractivity contribution in [1.82, 2.24) is 14.1 Å². The lowest BCUT2D eigenvalue weighted by Crippen LogP contribution is -2.17. The van der Waals surface area contributed by atoms with E-state index in [1.54, 1.807) is 49.0 Å². The van der Waals surface area contributed by atoms with Crippen molar-refractivity contribution in [3.05, 3.63) is 125 Å². The summed E-state index contributed by atoms with van der Waals surface area (Å²) in [6.07, 6.45) is 1.31. The molecule has 0 aliphatic carbocycles. The summed E-state index contributed by atoms with van der Waals surface area (Å²) < 4.78 is 86.8. The van der Waals surface area contributed by atoms with Crippen LogP contribution in [0, 0.1) is 31.3 Å². The highest BCUT2D eigenvalue weighted by molar-refractivity contribution is 7.91. The van der Waals surface area contributed by atoms with E-state index in [0.717, 1.165) is 24.3 Å². The van der Waals surface area contributed by atoms with Crippen LogP contribution in [0.15, 0.2) is 88.9 Å². The molecule has 0 bridgehead atoms. The van der Waals surface area contributed by atoms with Crippen molar-refractivity contribution in [3.63, 3.8) is 0 Å². The quantitative estimate of drug-likeness (QED) is 0.103. The number of nitrogens with zero attached hydrogens (tertiary/aromatic N) is 3. The van der Waals surface area contributed by atoms with Gasteiger partial charge in [-0.25, -0.2) is 26.6 Å². The molecule has 6 rings (SSSR count). The largest absolute Gasteiger partial charge is 0.465 e. The number of esters is 2. The minimum atomic E-state index is -4.42. The van der Waals surface area contributed by atoms with Gasteiger partial charge in [-0.15, -0.1) is 0 Å². The zero-order valence-corrected chi connectivity index (χ0v) is 29.1. The normalized spacial score (nSPS) is 11.8. The van der Waals surface area contributed by atoms with Gasteiger partial charge in [0.15, 0.2) is 5.03 Å². The predicted molar refractivity (Wildman–Crippen MR) is 184 cm³/mol. The molecule has 0 unspecified atom stereocenters. The van der Waals surface area contributed by atoms with Crippen LogP contribution in [0.2, 0.25) is 0 Å². The van der Waals surface area contributed by atoms with Crippen LogP contribution in [0.4, 0.5) is 13.2 Å². The predicted octanol–water partition coefficient (Wildman–Crippen LogP) is 7.16. The number of carbonyl (C=O) groups is 2. The molecule has 0 fully saturated rings. The second-order valence-corrected chi connectivity index (χ2v) is 13.8. The topological polar surface area (TPSA) is 109 Å². The molecule has 51 heavy (non-hydrogen) atoms. The van der Waals surface area contributed by atoms with Crippen LogP contribution in [0.25, 0.3) is 21.8 Å². The minimum absolute atomic E-state index is 0.131. The summed E-state index contributed by atoms with van der Waals surface area (Å²) in [7, 11) is -4.42. The molecular formula is C38H34F3N3O6S. The highest BCUT2D eigenvalue weighted by atomic mass is 32.2. The molecule has 3 heterocycles. The number of pyridine rings is 1. The summed E-state index contributed by atoms with van der Waals surface area (Å²) in [6.45, 7) is 6.58. The molecule has 13 heteroatoms. The fraction of sp³-hybridized carbons (Fsp3) is 0.237. The van der Waals surface area contributed by atoms with Gasteiger partial charge in [-0.2, -0.15) is 0 Å². The second kappa shape index (κ2) is 14.1. The van der Waals surface area contributed by atoms with Crippen LogP contribution >= 0.6 is 0 Å². The number of ether oxygens (including phenoxy) is 2. The molecule has 0 saturated heterocycles. The van der Waals surface area contributed by atoms with E-state index in [1.807, 2.05) is 0 Å². The fourth-order valence-corrected chi connectivity index (χ4v) is 8.21. The van der Waals surface area contributed by atoms with Gasteiger partial charge < -0.3 is 18.6 Å². The lowest BCUT2D eigenvalue weighted by atomic mass is 9.82. The maximum absolute atomic E-state index is 15.2. The monoisotopic (exact) mass is 717 g/mol. The van der Waals surface area contributed by atoms with E-state index in [4.69, 9.17) is 9.47 Å². The lowest BCUT2D eigenvalue weighted by molar-refractivity contribution is -0.144. The number of sulfone groups is 1. The van der Waals surface area contributed by atoms with Crippen molar-refractivity contribution in [1.29, 1.82) is 0 Å². The van der Waals surface area contributed by atoms with Gasteiger partial charge in [-0.3, -0.25) is 9.59 Å².